The van der Waals surface area contributed by atoms with Crippen LogP contribution >= 0.6 is 0 Å². The maximum atomic E-state index is 2.67. The number of allylic oxidation sites excluding steroid dienone is 5. The average Bonchev–Trinajstić information content (AvgIpc) is 3.38. The molecule has 0 saturated heterocycles. The molecular formula is C62H94N6+2. The second-order valence-corrected chi connectivity index (χ2v) is 19.3. The fourth-order valence-electron chi connectivity index (χ4n) is 9.47. The summed E-state index contributed by atoms with van der Waals surface area (Å²) in [5.41, 5.74) is 11.3. The molecule has 0 radical (unpaired) electrons. The van der Waals surface area contributed by atoms with E-state index in [1.54, 1.807) is 0 Å². The molecule has 2 aliphatic rings. The van der Waals surface area contributed by atoms with E-state index in [1.165, 1.54) is 154 Å². The van der Waals surface area contributed by atoms with E-state index < -0.39 is 0 Å². The summed E-state index contributed by atoms with van der Waals surface area (Å²) in [6.45, 7) is 27.3. The third-order valence-corrected chi connectivity index (χ3v) is 13.8. The molecule has 6 nitrogen and oxygen atoms in total. The van der Waals surface area contributed by atoms with Crippen molar-refractivity contribution < 1.29 is 4.58 Å². The van der Waals surface area contributed by atoms with Crippen LogP contribution in [0.3, 0.4) is 0 Å². The van der Waals surface area contributed by atoms with Crippen LogP contribution in [0.15, 0.2) is 121 Å². The normalized spacial score (nSPS) is 14.5. The van der Waals surface area contributed by atoms with Crippen LogP contribution in [-0.2, 0) is 0 Å². The van der Waals surface area contributed by atoms with Gasteiger partial charge in [-0.15, -0.1) is 0 Å². The molecule has 370 valence electrons. The topological polar surface area (TPSA) is 19.0 Å². The van der Waals surface area contributed by atoms with Crippen LogP contribution in [0.2, 0.25) is 0 Å². The number of rotatable bonds is 32. The highest BCUT2D eigenvalue weighted by molar-refractivity contribution is 6.03. The molecule has 0 bridgehead atoms. The number of nitrogens with zero attached hydrogens (tertiary/aromatic N) is 6. The Balaban J connectivity index is 1.58. The molecule has 0 atom stereocenters. The van der Waals surface area contributed by atoms with Crippen molar-refractivity contribution in [1.29, 1.82) is 0 Å². The monoisotopic (exact) mass is 923 g/mol. The summed E-state index contributed by atoms with van der Waals surface area (Å²) in [7, 11) is 0. The van der Waals surface area contributed by atoms with E-state index in [2.05, 4.69) is 199 Å². The molecule has 0 unspecified atom stereocenters. The van der Waals surface area contributed by atoms with Gasteiger partial charge in [0.15, 0.2) is 5.71 Å². The first-order chi connectivity index (χ1) is 33.4. The first-order valence-corrected chi connectivity index (χ1v) is 27.8. The largest absolute Gasteiger partial charge is 0.372 e. The lowest BCUT2D eigenvalue weighted by Crippen LogP contribution is -2.36. The molecule has 0 aromatic heterocycles. The summed E-state index contributed by atoms with van der Waals surface area (Å²) >= 11 is 0. The Morgan fingerprint density at radius 2 is 0.706 bits per heavy atom. The van der Waals surface area contributed by atoms with Gasteiger partial charge >= 0.3 is 0 Å². The van der Waals surface area contributed by atoms with E-state index >= 15 is 0 Å². The van der Waals surface area contributed by atoms with Crippen molar-refractivity contribution in [2.24, 2.45) is 0 Å². The first-order valence-electron chi connectivity index (χ1n) is 27.8. The Labute approximate surface area is 416 Å². The molecule has 0 saturated carbocycles. The van der Waals surface area contributed by atoms with Gasteiger partial charge in [-0.2, -0.15) is 9.15 Å². The first kappa shape index (κ1) is 54.3. The van der Waals surface area contributed by atoms with Gasteiger partial charge in [0.1, 0.15) is 0 Å². The van der Waals surface area contributed by atoms with Gasteiger partial charge in [0, 0.05) is 123 Å². The third-order valence-electron chi connectivity index (χ3n) is 13.8. The van der Waals surface area contributed by atoms with Crippen molar-refractivity contribution >= 4 is 45.5 Å². The Bertz CT molecular complexity index is 1950. The molecule has 0 aliphatic heterocycles. The van der Waals surface area contributed by atoms with Crippen LogP contribution in [0.1, 0.15) is 165 Å². The number of unbranched alkanes of at least 4 members (excludes halogenated alkanes) is 8. The lowest BCUT2D eigenvalue weighted by Gasteiger charge is -2.28. The fraction of sp³-hybridized carbons (Fsp3) is 0.548. The smallest absolute Gasteiger partial charge is 0.211 e. The van der Waals surface area contributed by atoms with Crippen LogP contribution < -0.4 is 19.3 Å². The predicted octanol–water partition coefficient (Wildman–Crippen LogP) is 16.2. The summed E-state index contributed by atoms with van der Waals surface area (Å²) in [6.07, 6.45) is 37.1. The molecule has 0 heterocycles. The number of hydrogen-bond acceptors (Lipinski definition) is 4. The summed E-state index contributed by atoms with van der Waals surface area (Å²) in [5.74, 6) is 0. The third kappa shape index (κ3) is 16.2. The zero-order chi connectivity index (χ0) is 48.4. The van der Waals surface area contributed by atoms with Crippen LogP contribution in [0, 0.1) is 0 Å². The highest BCUT2D eigenvalue weighted by Gasteiger charge is 2.28. The molecule has 68 heavy (non-hydrogen) atoms. The number of benzene rings is 3. The van der Waals surface area contributed by atoms with E-state index in [9.17, 15) is 0 Å². The Hall–Kier alpha value is -4.68. The molecule has 2 aliphatic carbocycles. The van der Waals surface area contributed by atoms with E-state index in [4.69, 9.17) is 0 Å². The van der Waals surface area contributed by atoms with Crippen molar-refractivity contribution in [3.05, 3.63) is 121 Å². The zero-order valence-electron chi connectivity index (χ0n) is 44.4. The predicted molar refractivity (Wildman–Crippen MR) is 302 cm³/mol. The van der Waals surface area contributed by atoms with Gasteiger partial charge in [-0.25, -0.2) is 0 Å². The maximum Gasteiger partial charge on any atom is 0.211 e. The zero-order valence-corrected chi connectivity index (χ0v) is 44.4. The van der Waals surface area contributed by atoms with Crippen molar-refractivity contribution in [1.82, 2.24) is 9.48 Å². The van der Waals surface area contributed by atoms with Crippen molar-refractivity contribution in [2.75, 3.05) is 67.1 Å². The minimum Gasteiger partial charge on any atom is -0.372 e. The standard InChI is InChI=1S/C62H94N6/c1-9-17-45-63(46-18-10-2)53-25-33-57(34-26-53)67(58-35-27-54(28-36-58)64(47-19-11-3)48-20-12-4)61-41-43-62(44-42-61)68(59-37-29-55(30-38-59)65(49-21-13-5)50-22-14-6)60-39-31-56(32-40-60)66(51-23-15-7)52-24-16-8/h25-43,53H,9-24,44-52H2,1-8H3/q+2. The average molecular weight is 923 g/mol. The second-order valence-electron chi connectivity index (χ2n) is 19.3. The van der Waals surface area contributed by atoms with Crippen LogP contribution in [0.4, 0.5) is 34.1 Å². The molecule has 0 amide bonds. The SMILES string of the molecule is CCCCN(CCCC)c1ccc([N+](C2=CCC(=[N+](c3ccc(N(CCCC)CCCC)cc3)c3ccc(N(CCCC)CCCC)cc3)C=C2)=C2C=CC(N(CCCC)CCCC)C=C2)cc1. The Morgan fingerprint density at radius 3 is 1.01 bits per heavy atom. The van der Waals surface area contributed by atoms with Crippen molar-refractivity contribution in [2.45, 2.75) is 171 Å². The Morgan fingerprint density at radius 1 is 0.382 bits per heavy atom. The molecule has 0 fully saturated rings. The highest BCUT2D eigenvalue weighted by atomic mass is 15.2. The molecule has 6 heteroatoms. The Kier molecular flexibility index (Phi) is 24.5. The van der Waals surface area contributed by atoms with E-state index in [0.717, 1.165) is 58.8 Å². The van der Waals surface area contributed by atoms with Gasteiger partial charge in [0.05, 0.1) is 6.42 Å². The van der Waals surface area contributed by atoms with Gasteiger partial charge in [-0.05, 0) is 107 Å². The quantitative estimate of drug-likeness (QED) is 0.0581. The van der Waals surface area contributed by atoms with Crippen LogP contribution in [-0.4, -0.2) is 79.3 Å². The van der Waals surface area contributed by atoms with Crippen molar-refractivity contribution in [3.63, 3.8) is 0 Å². The highest BCUT2D eigenvalue weighted by Crippen LogP contribution is 2.31. The van der Waals surface area contributed by atoms with Gasteiger partial charge < -0.3 is 14.7 Å². The molecule has 0 N–H and O–H groups in total. The van der Waals surface area contributed by atoms with Gasteiger partial charge in [-0.1, -0.05) is 119 Å². The van der Waals surface area contributed by atoms with E-state index in [0.29, 0.717) is 6.04 Å². The summed E-state index contributed by atoms with van der Waals surface area (Å²) in [4.78, 5) is 10.5. The van der Waals surface area contributed by atoms with Crippen LogP contribution in [0.5, 0.6) is 0 Å². The summed E-state index contributed by atoms with van der Waals surface area (Å²) < 4.78 is 4.99. The number of hydrogen-bond donors (Lipinski definition) is 0. The lowest BCUT2D eigenvalue weighted by atomic mass is 10.0. The van der Waals surface area contributed by atoms with Gasteiger partial charge in [-0.3, -0.25) is 4.90 Å². The molecule has 3 aromatic rings. The van der Waals surface area contributed by atoms with E-state index in [-0.39, 0.29) is 0 Å². The molecule has 0 spiro atoms. The van der Waals surface area contributed by atoms with Crippen LogP contribution in [0.25, 0.3) is 0 Å². The maximum absolute atomic E-state index is 2.67. The van der Waals surface area contributed by atoms with Gasteiger partial charge in [0.25, 0.3) is 0 Å². The fourth-order valence-corrected chi connectivity index (χ4v) is 9.47. The minimum atomic E-state index is 0.324. The lowest BCUT2D eigenvalue weighted by molar-refractivity contribution is -0.376. The minimum absolute atomic E-state index is 0.324. The van der Waals surface area contributed by atoms with E-state index in [1.807, 2.05) is 0 Å². The molecular weight excluding hydrogens is 829 g/mol. The summed E-state index contributed by atoms with van der Waals surface area (Å²) in [5, 5.41) is 0. The second kappa shape index (κ2) is 30.7. The van der Waals surface area contributed by atoms with Gasteiger partial charge in [0.2, 0.25) is 28.5 Å². The molecule has 3 aromatic carbocycles. The summed E-state index contributed by atoms with van der Waals surface area (Å²) in [6, 6.07) is 28.6. The van der Waals surface area contributed by atoms with Crippen molar-refractivity contribution in [3.8, 4) is 0 Å². The molecule has 5 rings (SSSR count). The number of anilines is 3.